The zero-order chi connectivity index (χ0) is 13.8. The van der Waals surface area contributed by atoms with Gasteiger partial charge in [-0.25, -0.2) is 0 Å². The third kappa shape index (κ3) is 4.82. The largest absolute Gasteiger partial charge is 0.434 e. The summed E-state index contributed by atoms with van der Waals surface area (Å²) in [4.78, 5) is 12.0. The van der Waals surface area contributed by atoms with Gasteiger partial charge < -0.3 is 4.74 Å². The number of hydrogen-bond acceptors (Lipinski definition) is 2. The monoisotopic (exact) mass is 256 g/mol. The molecule has 0 aliphatic carbocycles. The highest BCUT2D eigenvalue weighted by molar-refractivity contribution is 5.98. The van der Waals surface area contributed by atoms with E-state index in [0.29, 0.717) is 12.8 Å². The van der Waals surface area contributed by atoms with Gasteiger partial charge in [0, 0.05) is 6.42 Å². The van der Waals surface area contributed by atoms with Gasteiger partial charge in [-0.3, -0.25) is 4.79 Å². The van der Waals surface area contributed by atoms with Crippen LogP contribution in [-0.4, -0.2) is 12.4 Å². The van der Waals surface area contributed by atoms with Crippen LogP contribution in [0.1, 0.15) is 44.0 Å². The molecule has 0 aliphatic heterocycles. The molecule has 0 N–H and O–H groups in total. The molecular weight excluding hydrogens is 238 g/mol. The molecule has 0 saturated carbocycles. The van der Waals surface area contributed by atoms with Crippen molar-refractivity contribution in [1.82, 2.24) is 0 Å². The van der Waals surface area contributed by atoms with Crippen LogP contribution in [0.4, 0.5) is 8.78 Å². The van der Waals surface area contributed by atoms with Crippen molar-refractivity contribution in [3.05, 3.63) is 29.8 Å². The number of Topliss-reactive ketones (excluding diaryl/α,β-unsaturated/α-hetero) is 1. The summed E-state index contributed by atoms with van der Waals surface area (Å²) >= 11 is 0. The molecule has 0 bridgehead atoms. The molecule has 1 aromatic rings. The van der Waals surface area contributed by atoms with Crippen LogP contribution in [0.5, 0.6) is 5.75 Å². The van der Waals surface area contributed by atoms with E-state index < -0.39 is 6.61 Å². The topological polar surface area (TPSA) is 26.3 Å². The summed E-state index contributed by atoms with van der Waals surface area (Å²) < 4.78 is 28.8. The maximum atomic E-state index is 12.2. The second kappa shape index (κ2) is 5.94. The first-order chi connectivity index (χ1) is 8.29. The lowest BCUT2D eigenvalue weighted by molar-refractivity contribution is -0.0501. The molecule has 18 heavy (non-hydrogen) atoms. The lowest BCUT2D eigenvalue weighted by Crippen LogP contribution is -2.11. The van der Waals surface area contributed by atoms with Gasteiger partial charge in [-0.2, -0.15) is 8.78 Å². The van der Waals surface area contributed by atoms with Gasteiger partial charge >= 0.3 is 6.61 Å². The normalized spacial score (nSPS) is 11.7. The average Bonchev–Trinajstić information content (AvgIpc) is 2.25. The minimum atomic E-state index is -2.92. The maximum Gasteiger partial charge on any atom is 0.387 e. The van der Waals surface area contributed by atoms with Crippen LogP contribution in [0, 0.1) is 5.41 Å². The Labute approximate surface area is 106 Å². The zero-order valence-electron chi connectivity index (χ0n) is 10.9. The Kier molecular flexibility index (Phi) is 4.82. The average molecular weight is 256 g/mol. The summed E-state index contributed by atoms with van der Waals surface area (Å²) in [5.41, 5.74) is 0.260. The molecule has 0 aliphatic rings. The smallest absolute Gasteiger partial charge is 0.387 e. The summed E-state index contributed by atoms with van der Waals surface area (Å²) in [5.74, 6) is -0.215. The predicted octanol–water partition coefficient (Wildman–Crippen LogP) is 4.30. The van der Waals surface area contributed by atoms with Crippen molar-refractivity contribution in [2.75, 3.05) is 0 Å². The summed E-state index contributed by atoms with van der Waals surface area (Å²) in [6, 6.07) is 6.11. The van der Waals surface area contributed by atoms with Gasteiger partial charge in [0.05, 0.1) is 5.56 Å². The number of rotatable bonds is 5. The number of carbonyl (C=O) groups is 1. The molecule has 0 unspecified atom stereocenters. The van der Waals surface area contributed by atoms with Crippen LogP contribution in [0.2, 0.25) is 0 Å². The summed E-state index contributed by atoms with van der Waals surface area (Å²) in [6.07, 6.45) is 1.03. The van der Waals surface area contributed by atoms with E-state index in [-0.39, 0.29) is 22.5 Å². The molecule has 0 atom stereocenters. The van der Waals surface area contributed by atoms with Gasteiger partial charge in [0.25, 0.3) is 0 Å². The second-order valence-corrected chi connectivity index (χ2v) is 5.36. The Morgan fingerprint density at radius 2 is 1.89 bits per heavy atom. The highest BCUT2D eigenvalue weighted by Crippen LogP contribution is 2.26. The van der Waals surface area contributed by atoms with Crippen LogP contribution in [0.25, 0.3) is 0 Å². The summed E-state index contributed by atoms with van der Waals surface area (Å²) in [6.45, 7) is 3.17. The predicted molar refractivity (Wildman–Crippen MR) is 66.1 cm³/mol. The molecule has 0 heterocycles. The van der Waals surface area contributed by atoms with E-state index in [1.165, 1.54) is 12.1 Å². The third-order valence-electron chi connectivity index (χ3n) is 2.51. The summed E-state index contributed by atoms with van der Waals surface area (Å²) in [5, 5.41) is 0. The zero-order valence-corrected chi connectivity index (χ0v) is 10.9. The highest BCUT2D eigenvalue weighted by Gasteiger charge is 2.18. The molecule has 100 valence electrons. The molecule has 0 spiro atoms. The van der Waals surface area contributed by atoms with Crippen molar-refractivity contribution in [1.29, 1.82) is 0 Å². The fraction of sp³-hybridized carbons (Fsp3) is 0.500. The SMILES string of the molecule is CC(C)(C)CCC(=O)c1ccccc1OC(F)F. The first-order valence-corrected chi connectivity index (χ1v) is 5.86. The Hall–Kier alpha value is -1.45. The van der Waals surface area contributed by atoms with Gasteiger partial charge in [0.1, 0.15) is 5.75 Å². The molecule has 1 aromatic carbocycles. The van der Waals surface area contributed by atoms with Gasteiger partial charge in [0.15, 0.2) is 5.78 Å². The number of halogens is 2. The number of hydrogen-bond donors (Lipinski definition) is 0. The van der Waals surface area contributed by atoms with Gasteiger partial charge in [0.2, 0.25) is 0 Å². The number of alkyl halides is 2. The van der Waals surface area contributed by atoms with Gasteiger partial charge in [-0.05, 0) is 24.0 Å². The van der Waals surface area contributed by atoms with E-state index in [1.54, 1.807) is 12.1 Å². The minimum Gasteiger partial charge on any atom is -0.434 e. The lowest BCUT2D eigenvalue weighted by Gasteiger charge is -2.17. The number of ether oxygens (including phenoxy) is 1. The van der Waals surface area contributed by atoms with Crippen LogP contribution >= 0.6 is 0 Å². The Balaban J connectivity index is 2.79. The minimum absolute atomic E-state index is 0.0359. The van der Waals surface area contributed by atoms with Crippen molar-refractivity contribution in [2.45, 2.75) is 40.2 Å². The van der Waals surface area contributed by atoms with E-state index in [4.69, 9.17) is 0 Å². The number of para-hydroxylation sites is 1. The van der Waals surface area contributed by atoms with Crippen LogP contribution in [0.3, 0.4) is 0 Å². The molecule has 0 amide bonds. The third-order valence-corrected chi connectivity index (χ3v) is 2.51. The highest BCUT2D eigenvalue weighted by atomic mass is 19.3. The second-order valence-electron chi connectivity index (χ2n) is 5.36. The Bertz CT molecular complexity index is 409. The van der Waals surface area contributed by atoms with Crippen molar-refractivity contribution < 1.29 is 18.3 Å². The molecule has 0 aromatic heterocycles. The first-order valence-electron chi connectivity index (χ1n) is 5.86. The molecule has 2 nitrogen and oxygen atoms in total. The molecular formula is C14H18F2O2. The van der Waals surface area contributed by atoms with Crippen molar-refractivity contribution >= 4 is 5.78 Å². The summed E-state index contributed by atoms with van der Waals surface area (Å²) in [7, 11) is 0. The van der Waals surface area contributed by atoms with E-state index in [0.717, 1.165) is 0 Å². The number of carbonyl (C=O) groups excluding carboxylic acids is 1. The molecule has 1 rings (SSSR count). The fourth-order valence-electron chi connectivity index (χ4n) is 1.52. The van der Waals surface area contributed by atoms with Crippen molar-refractivity contribution in [3.63, 3.8) is 0 Å². The molecule has 4 heteroatoms. The van der Waals surface area contributed by atoms with Crippen LogP contribution in [-0.2, 0) is 0 Å². The van der Waals surface area contributed by atoms with Crippen molar-refractivity contribution in [3.8, 4) is 5.75 Å². The number of ketones is 1. The van der Waals surface area contributed by atoms with Gasteiger partial charge in [-0.15, -0.1) is 0 Å². The Morgan fingerprint density at radius 1 is 1.28 bits per heavy atom. The van der Waals surface area contributed by atoms with Crippen LogP contribution in [0.15, 0.2) is 24.3 Å². The maximum absolute atomic E-state index is 12.2. The molecule has 0 radical (unpaired) electrons. The van der Waals surface area contributed by atoms with E-state index in [9.17, 15) is 13.6 Å². The number of benzene rings is 1. The van der Waals surface area contributed by atoms with Gasteiger partial charge in [-0.1, -0.05) is 32.9 Å². The quantitative estimate of drug-likeness (QED) is 0.734. The van der Waals surface area contributed by atoms with Crippen LogP contribution < -0.4 is 4.74 Å². The Morgan fingerprint density at radius 3 is 2.44 bits per heavy atom. The fourth-order valence-corrected chi connectivity index (χ4v) is 1.52. The van der Waals surface area contributed by atoms with E-state index in [1.807, 2.05) is 20.8 Å². The lowest BCUT2D eigenvalue weighted by atomic mass is 9.88. The van der Waals surface area contributed by atoms with Crippen molar-refractivity contribution in [2.24, 2.45) is 5.41 Å². The molecule has 0 fully saturated rings. The van der Waals surface area contributed by atoms with E-state index in [2.05, 4.69) is 4.74 Å². The first kappa shape index (κ1) is 14.6. The standard InChI is InChI=1S/C14H18F2O2/c1-14(2,3)9-8-11(17)10-6-4-5-7-12(10)18-13(15)16/h4-7,13H,8-9H2,1-3H3. The van der Waals surface area contributed by atoms with E-state index >= 15 is 0 Å². The molecule has 0 saturated heterocycles.